The SMILES string of the molecule is O=C(O)c1ccc2c(Cl)c(-c3cccc([C@@H]4C=C[C@H](c5cccc(-c6ccc7cc(C(=O)O)ccc7c6Cl)c5)C4)c3)ccc2c1. The second kappa shape index (κ2) is 11.6. The minimum absolute atomic E-state index is 0.234. The van der Waals surface area contributed by atoms with Crippen molar-refractivity contribution in [2.45, 2.75) is 18.3 Å². The number of hydrogen-bond acceptors (Lipinski definition) is 2. The molecule has 0 saturated carbocycles. The lowest BCUT2D eigenvalue weighted by atomic mass is 9.89. The first-order chi connectivity index (χ1) is 21.8. The fourth-order valence-corrected chi connectivity index (χ4v) is 7.05. The Bertz CT molecular complexity index is 2050. The number of aromatic carboxylic acids is 2. The number of hydrogen-bond donors (Lipinski definition) is 2. The summed E-state index contributed by atoms with van der Waals surface area (Å²) >= 11 is 13.7. The van der Waals surface area contributed by atoms with Crippen molar-refractivity contribution in [1.29, 1.82) is 0 Å². The molecule has 45 heavy (non-hydrogen) atoms. The zero-order valence-electron chi connectivity index (χ0n) is 23.9. The van der Waals surface area contributed by atoms with Crippen molar-refractivity contribution in [3.05, 3.63) is 154 Å². The fraction of sp³-hybridized carbons (Fsp3) is 0.0769. The third kappa shape index (κ3) is 5.37. The summed E-state index contributed by atoms with van der Waals surface area (Å²) in [5.41, 5.74) is 6.73. The Morgan fingerprint density at radius 3 is 1.42 bits per heavy atom. The Kier molecular flexibility index (Phi) is 7.40. The first-order valence-electron chi connectivity index (χ1n) is 14.6. The summed E-state index contributed by atoms with van der Waals surface area (Å²) in [4.78, 5) is 22.8. The van der Waals surface area contributed by atoms with Crippen LogP contribution < -0.4 is 0 Å². The van der Waals surface area contributed by atoms with Crippen molar-refractivity contribution in [2.75, 3.05) is 0 Å². The molecule has 0 spiro atoms. The molecule has 0 saturated heterocycles. The maximum atomic E-state index is 11.4. The van der Waals surface area contributed by atoms with E-state index in [1.165, 1.54) is 11.1 Å². The largest absolute Gasteiger partial charge is 0.478 e. The van der Waals surface area contributed by atoms with Crippen LogP contribution in [0.4, 0.5) is 0 Å². The Balaban J connectivity index is 1.14. The Hall–Kier alpha value is -4.90. The zero-order chi connectivity index (χ0) is 31.2. The lowest BCUT2D eigenvalue weighted by molar-refractivity contribution is 0.0686. The van der Waals surface area contributed by atoms with Gasteiger partial charge in [-0.05, 0) is 63.7 Å². The normalized spacial score (nSPS) is 16.0. The molecule has 6 heteroatoms. The zero-order valence-corrected chi connectivity index (χ0v) is 25.4. The van der Waals surface area contributed by atoms with E-state index in [2.05, 4.69) is 60.7 Å². The molecule has 0 aromatic heterocycles. The lowest BCUT2D eigenvalue weighted by Crippen LogP contribution is -1.98. The van der Waals surface area contributed by atoms with E-state index in [1.54, 1.807) is 36.4 Å². The highest BCUT2D eigenvalue weighted by Crippen LogP contribution is 2.42. The molecule has 2 atom stereocenters. The lowest BCUT2D eigenvalue weighted by Gasteiger charge is -2.16. The Morgan fingerprint density at radius 1 is 0.556 bits per heavy atom. The number of rotatable bonds is 6. The van der Waals surface area contributed by atoms with Crippen LogP contribution in [0.25, 0.3) is 43.8 Å². The highest BCUT2D eigenvalue weighted by Gasteiger charge is 2.23. The van der Waals surface area contributed by atoms with Gasteiger partial charge >= 0.3 is 11.9 Å². The molecule has 1 aliphatic rings. The van der Waals surface area contributed by atoms with Gasteiger partial charge in [0, 0.05) is 33.7 Å². The van der Waals surface area contributed by atoms with Gasteiger partial charge in [0.15, 0.2) is 0 Å². The molecule has 0 fully saturated rings. The molecule has 4 nitrogen and oxygen atoms in total. The standard InChI is InChI=1S/C39H26Cl2O4/c40-36-32(13-9-28-20-30(38(42)43)11-15-34(28)36)26-5-1-3-22(18-26)24-7-8-25(17-24)23-4-2-6-27(19-23)33-14-10-29-21-31(39(44)45)12-16-35(29)37(33)41/h1-16,18-21,24-25H,17H2,(H,42,43)(H,44,45)/t24-,25+. The molecule has 0 aliphatic heterocycles. The van der Waals surface area contributed by atoms with E-state index in [1.807, 2.05) is 24.3 Å². The third-order valence-electron chi connectivity index (χ3n) is 8.74. The molecule has 0 radical (unpaired) electrons. The van der Waals surface area contributed by atoms with Crippen LogP contribution in [0.2, 0.25) is 10.0 Å². The Morgan fingerprint density at radius 2 is 1.00 bits per heavy atom. The van der Waals surface area contributed by atoms with Crippen LogP contribution >= 0.6 is 23.2 Å². The van der Waals surface area contributed by atoms with Gasteiger partial charge in [0.05, 0.1) is 21.2 Å². The minimum Gasteiger partial charge on any atom is -0.478 e. The van der Waals surface area contributed by atoms with E-state index < -0.39 is 11.9 Å². The molecule has 0 amide bonds. The predicted octanol–water partition coefficient (Wildman–Crippen LogP) is 10.9. The summed E-state index contributed by atoms with van der Waals surface area (Å²) in [5.74, 6) is -1.45. The van der Waals surface area contributed by atoms with E-state index in [9.17, 15) is 19.8 Å². The van der Waals surface area contributed by atoms with Gasteiger partial charge in [0.1, 0.15) is 0 Å². The van der Waals surface area contributed by atoms with Crippen molar-refractivity contribution >= 4 is 56.7 Å². The maximum absolute atomic E-state index is 11.4. The summed E-state index contributed by atoms with van der Waals surface area (Å²) in [5, 5.41) is 23.1. The van der Waals surface area contributed by atoms with Crippen LogP contribution in [-0.2, 0) is 0 Å². The summed E-state index contributed by atoms with van der Waals surface area (Å²) in [7, 11) is 0. The average molecular weight is 630 g/mol. The van der Waals surface area contributed by atoms with E-state index >= 15 is 0 Å². The summed E-state index contributed by atoms with van der Waals surface area (Å²) in [6.07, 6.45) is 5.48. The predicted molar refractivity (Wildman–Crippen MR) is 182 cm³/mol. The van der Waals surface area contributed by atoms with Gasteiger partial charge in [-0.15, -0.1) is 0 Å². The maximum Gasteiger partial charge on any atom is 0.335 e. The van der Waals surface area contributed by atoms with Crippen LogP contribution in [0.5, 0.6) is 0 Å². The van der Waals surface area contributed by atoms with Gasteiger partial charge in [-0.3, -0.25) is 0 Å². The molecular formula is C39H26Cl2O4. The van der Waals surface area contributed by atoms with Crippen molar-refractivity contribution in [3.63, 3.8) is 0 Å². The number of halogens is 2. The van der Waals surface area contributed by atoms with Gasteiger partial charge in [-0.2, -0.15) is 0 Å². The van der Waals surface area contributed by atoms with Crippen molar-refractivity contribution in [2.24, 2.45) is 0 Å². The highest BCUT2D eigenvalue weighted by molar-refractivity contribution is 6.39. The van der Waals surface area contributed by atoms with Crippen LogP contribution in [0, 0.1) is 0 Å². The molecule has 7 rings (SSSR count). The summed E-state index contributed by atoms with van der Waals surface area (Å²) in [6, 6.07) is 34.7. The molecule has 220 valence electrons. The molecule has 0 unspecified atom stereocenters. The monoisotopic (exact) mass is 628 g/mol. The van der Waals surface area contributed by atoms with Gasteiger partial charge in [-0.25, -0.2) is 9.59 Å². The summed E-state index contributed by atoms with van der Waals surface area (Å²) < 4.78 is 0. The van der Waals surface area contributed by atoms with Crippen LogP contribution in [-0.4, -0.2) is 22.2 Å². The fourth-order valence-electron chi connectivity index (χ4n) is 6.36. The minimum atomic E-state index is -0.963. The molecule has 0 bridgehead atoms. The van der Waals surface area contributed by atoms with Gasteiger partial charge < -0.3 is 10.2 Å². The molecule has 0 heterocycles. The quantitative estimate of drug-likeness (QED) is 0.180. The van der Waals surface area contributed by atoms with Crippen LogP contribution in [0.1, 0.15) is 50.1 Å². The number of allylic oxidation sites excluding steroid dienone is 2. The number of carboxylic acid groups (broad SMARTS) is 2. The number of carboxylic acids is 2. The van der Waals surface area contributed by atoms with E-state index in [4.69, 9.17) is 23.2 Å². The third-order valence-corrected chi connectivity index (χ3v) is 9.55. The van der Waals surface area contributed by atoms with Crippen LogP contribution in [0.15, 0.2) is 121 Å². The molecule has 6 aromatic rings. The van der Waals surface area contributed by atoms with Crippen molar-refractivity contribution in [1.82, 2.24) is 0 Å². The van der Waals surface area contributed by atoms with Gasteiger partial charge in [0.2, 0.25) is 0 Å². The molecule has 2 N–H and O–H groups in total. The van der Waals surface area contributed by atoms with Crippen LogP contribution in [0.3, 0.4) is 0 Å². The van der Waals surface area contributed by atoms with Gasteiger partial charge in [0.25, 0.3) is 0 Å². The second-order valence-corrected chi connectivity index (χ2v) is 12.2. The first-order valence-corrected chi connectivity index (χ1v) is 15.3. The molecule has 6 aromatic carbocycles. The van der Waals surface area contributed by atoms with Crippen molar-refractivity contribution in [3.8, 4) is 22.3 Å². The number of fused-ring (bicyclic) bond motifs is 2. The first kappa shape index (κ1) is 28.8. The molecular weight excluding hydrogens is 603 g/mol. The number of benzene rings is 6. The topological polar surface area (TPSA) is 74.6 Å². The molecule has 1 aliphatic carbocycles. The smallest absolute Gasteiger partial charge is 0.335 e. The number of carbonyl (C=O) groups is 2. The van der Waals surface area contributed by atoms with Crippen molar-refractivity contribution < 1.29 is 19.8 Å². The Labute approximate surface area is 269 Å². The summed E-state index contributed by atoms with van der Waals surface area (Å²) in [6.45, 7) is 0. The van der Waals surface area contributed by atoms with E-state index in [0.29, 0.717) is 10.0 Å². The highest BCUT2D eigenvalue weighted by atomic mass is 35.5. The second-order valence-electron chi connectivity index (χ2n) is 11.4. The van der Waals surface area contributed by atoms with E-state index in [-0.39, 0.29) is 23.0 Å². The average Bonchev–Trinajstić information content (AvgIpc) is 3.56. The van der Waals surface area contributed by atoms with Gasteiger partial charge in [-0.1, -0.05) is 120 Å². The van der Waals surface area contributed by atoms with E-state index in [0.717, 1.165) is 50.2 Å².